The van der Waals surface area contributed by atoms with Crippen LogP contribution in [0.25, 0.3) is 0 Å². The molecule has 2 N–H and O–H groups in total. The van der Waals surface area contributed by atoms with Crippen LogP contribution in [0.1, 0.15) is 0 Å². The molecule has 0 aliphatic carbocycles. The van der Waals surface area contributed by atoms with Crippen molar-refractivity contribution in [2.24, 2.45) is 0 Å². The molecule has 0 bridgehead atoms. The average Bonchev–Trinajstić information content (AvgIpc) is 0. The van der Waals surface area contributed by atoms with E-state index in [1.165, 1.54) is 0 Å². The van der Waals surface area contributed by atoms with Gasteiger partial charge in [0.05, 0.1) is 0 Å². The van der Waals surface area contributed by atoms with E-state index in [-0.39, 0.29) is 75.6 Å². The van der Waals surface area contributed by atoms with Crippen molar-refractivity contribution in [1.82, 2.24) is 0 Å². The monoisotopic (exact) mass is 98.0 g/mol. The van der Waals surface area contributed by atoms with Gasteiger partial charge in [-0.3, -0.25) is 0 Å². The average molecular weight is 97.8 g/mol. The van der Waals surface area contributed by atoms with Crippen LogP contribution in [0.15, 0.2) is 0 Å². The summed E-state index contributed by atoms with van der Waals surface area (Å²) in [5.74, 6) is 0. The van der Waals surface area contributed by atoms with Crippen LogP contribution in [0, 0.1) is 0 Å². The standard InChI is InChI=1S/Li.Na.H2O.Ti.2H/h;;1H2;;;. The minimum atomic E-state index is 0. The quantitative estimate of drug-likeness (QED) is 0.310. The number of hydrogen-bond acceptors (Lipinski definition) is 0. The van der Waals surface area contributed by atoms with Crippen LogP contribution in [0.2, 0.25) is 0 Å². The first-order valence-corrected chi connectivity index (χ1v) is 0. The second-order valence-corrected chi connectivity index (χ2v) is 0. The van der Waals surface area contributed by atoms with Gasteiger partial charge in [0.15, 0.2) is 0 Å². The Balaban J connectivity index is 0. The molecule has 0 saturated heterocycles. The molecule has 0 saturated carbocycles. The van der Waals surface area contributed by atoms with Gasteiger partial charge < -0.3 is 5.48 Å². The van der Waals surface area contributed by atoms with Crippen molar-refractivity contribution < 1.29 is 27.2 Å². The summed E-state index contributed by atoms with van der Waals surface area (Å²) in [6.07, 6.45) is 0. The molecule has 0 aromatic rings. The zero-order chi connectivity index (χ0) is 0. The molecule has 0 amide bonds. The summed E-state index contributed by atoms with van der Waals surface area (Å²) in [5.41, 5.74) is 0. The van der Waals surface area contributed by atoms with Gasteiger partial charge in [0, 0.05) is 21.7 Å². The van der Waals surface area contributed by atoms with Gasteiger partial charge in [0.2, 0.25) is 0 Å². The van der Waals surface area contributed by atoms with Crippen LogP contribution in [0.3, 0.4) is 0 Å². The Kier molecular flexibility index (Phi) is 157. The van der Waals surface area contributed by atoms with Gasteiger partial charge in [-0.15, -0.1) is 0 Å². The smallest absolute Gasteiger partial charge is 0 e. The molecule has 0 radical (unpaired) electrons. The molecule has 4 heteroatoms. The van der Waals surface area contributed by atoms with E-state index in [1.807, 2.05) is 0 Å². The van der Waals surface area contributed by atoms with E-state index in [0.717, 1.165) is 0 Å². The van der Waals surface area contributed by atoms with Gasteiger partial charge >= 0.3 is 48.4 Å². The minimum absolute atomic E-state index is 0. The van der Waals surface area contributed by atoms with Crippen LogP contribution < -0.4 is 0 Å². The molecular weight excluding hydrogens is 93.8 g/mol. The first kappa shape index (κ1) is 33.8. The third kappa shape index (κ3) is 8.86. The SMILES string of the molecule is O.[LiH].[NaH].[Ti]. The molecule has 0 aliphatic rings. The summed E-state index contributed by atoms with van der Waals surface area (Å²) in [6, 6.07) is 0. The predicted molar refractivity (Wildman–Crippen MR) is 17.9 cm³/mol. The molecule has 0 fully saturated rings. The molecule has 0 spiro atoms. The summed E-state index contributed by atoms with van der Waals surface area (Å²) in [4.78, 5) is 0. The van der Waals surface area contributed by atoms with E-state index >= 15 is 0 Å². The molecule has 1 nitrogen and oxygen atoms in total. The van der Waals surface area contributed by atoms with Crippen molar-refractivity contribution in [3.8, 4) is 0 Å². The Morgan fingerprint density at radius 1 is 1.00 bits per heavy atom. The van der Waals surface area contributed by atoms with E-state index in [0.29, 0.717) is 0 Å². The first-order valence-electron chi connectivity index (χ1n) is 0. The topological polar surface area (TPSA) is 31.5 Å². The summed E-state index contributed by atoms with van der Waals surface area (Å²) >= 11 is 0. The first-order chi connectivity index (χ1) is 0. The summed E-state index contributed by atoms with van der Waals surface area (Å²) in [7, 11) is 0. The number of rotatable bonds is 0. The molecule has 0 atom stereocenters. The molecule has 4 heavy (non-hydrogen) atoms. The van der Waals surface area contributed by atoms with Gasteiger partial charge in [-0.25, -0.2) is 0 Å². The van der Waals surface area contributed by atoms with Gasteiger partial charge in [0.25, 0.3) is 0 Å². The van der Waals surface area contributed by atoms with E-state index in [9.17, 15) is 0 Å². The normalized spacial score (nSPS) is 0. The summed E-state index contributed by atoms with van der Waals surface area (Å²) in [5, 5.41) is 0. The van der Waals surface area contributed by atoms with Crippen molar-refractivity contribution in [1.29, 1.82) is 0 Å². The van der Waals surface area contributed by atoms with Crippen molar-refractivity contribution in [3.63, 3.8) is 0 Å². The maximum atomic E-state index is 0. The summed E-state index contributed by atoms with van der Waals surface area (Å²) < 4.78 is 0. The molecule has 0 aliphatic heterocycles. The molecule has 16 valence electrons. The maximum Gasteiger partial charge on any atom is 0 e. The maximum absolute atomic E-state index is 0. The van der Waals surface area contributed by atoms with E-state index < -0.39 is 0 Å². The third-order valence-corrected chi connectivity index (χ3v) is 0. The molecule has 0 unspecified atom stereocenters. The minimum Gasteiger partial charge on any atom is 0 e. The Morgan fingerprint density at radius 2 is 1.00 bits per heavy atom. The third-order valence-electron chi connectivity index (χ3n) is 0. The predicted octanol–water partition coefficient (Wildman–Crippen LogP) is -2.12. The second-order valence-electron chi connectivity index (χ2n) is 0. The zero-order valence-electron chi connectivity index (χ0n) is 1.00. The fourth-order valence-electron chi connectivity index (χ4n) is 0. The Morgan fingerprint density at radius 3 is 1.00 bits per heavy atom. The Bertz CT molecular complexity index is 8.00. The van der Waals surface area contributed by atoms with Crippen LogP contribution in [0.5, 0.6) is 0 Å². The van der Waals surface area contributed by atoms with Crippen LogP contribution in [-0.4, -0.2) is 53.9 Å². The van der Waals surface area contributed by atoms with E-state index in [2.05, 4.69) is 0 Å². The van der Waals surface area contributed by atoms with E-state index in [1.54, 1.807) is 0 Å². The molecule has 0 aromatic heterocycles. The van der Waals surface area contributed by atoms with Crippen molar-refractivity contribution >= 4 is 48.4 Å². The van der Waals surface area contributed by atoms with Crippen molar-refractivity contribution in [2.75, 3.05) is 0 Å². The Hall–Kier alpha value is 2.27. The number of hydrogen-bond donors (Lipinski definition) is 0. The largest absolute Gasteiger partial charge is 0 e. The second kappa shape index (κ2) is 18.6. The van der Waals surface area contributed by atoms with E-state index in [4.69, 9.17) is 0 Å². The Labute approximate surface area is 74.6 Å². The fraction of sp³-hybridized carbons (Fsp3) is 0. The van der Waals surface area contributed by atoms with Crippen LogP contribution in [0.4, 0.5) is 0 Å². The van der Waals surface area contributed by atoms with Crippen LogP contribution in [-0.2, 0) is 21.7 Å². The molecule has 0 rings (SSSR count). The zero-order valence-corrected chi connectivity index (χ0v) is 2.56. The van der Waals surface area contributed by atoms with Gasteiger partial charge in [-0.05, 0) is 0 Å². The van der Waals surface area contributed by atoms with Crippen LogP contribution >= 0.6 is 0 Å². The van der Waals surface area contributed by atoms with Gasteiger partial charge in [-0.1, -0.05) is 0 Å². The molecular formula is H4LiNaOTi. The molecule has 0 heterocycles. The van der Waals surface area contributed by atoms with Crippen molar-refractivity contribution in [2.45, 2.75) is 0 Å². The van der Waals surface area contributed by atoms with Crippen molar-refractivity contribution in [3.05, 3.63) is 0 Å². The summed E-state index contributed by atoms with van der Waals surface area (Å²) in [6.45, 7) is 0. The molecule has 0 aromatic carbocycles. The van der Waals surface area contributed by atoms with Gasteiger partial charge in [-0.2, -0.15) is 0 Å². The van der Waals surface area contributed by atoms with Gasteiger partial charge in [0.1, 0.15) is 0 Å². The fourth-order valence-corrected chi connectivity index (χ4v) is 0.